The van der Waals surface area contributed by atoms with Gasteiger partial charge in [0, 0.05) is 34.2 Å². The Morgan fingerprint density at radius 2 is 1.98 bits per heavy atom. The lowest BCUT2D eigenvalue weighted by Crippen LogP contribution is -2.51. The van der Waals surface area contributed by atoms with E-state index in [-0.39, 0.29) is 52.6 Å². The summed E-state index contributed by atoms with van der Waals surface area (Å²) < 4.78 is 86.9. The summed E-state index contributed by atoms with van der Waals surface area (Å²) in [5.41, 5.74) is -3.53. The van der Waals surface area contributed by atoms with Crippen molar-refractivity contribution in [1.29, 1.82) is 0 Å². The Morgan fingerprint density at radius 1 is 1.20 bits per heavy atom. The number of carbonyl (C=O) groups is 1. The van der Waals surface area contributed by atoms with E-state index in [4.69, 9.17) is 9.47 Å². The van der Waals surface area contributed by atoms with Crippen molar-refractivity contribution in [2.24, 2.45) is 0 Å². The quantitative estimate of drug-likeness (QED) is 0.231. The normalized spacial score (nSPS) is 17.7. The van der Waals surface area contributed by atoms with E-state index < -0.39 is 36.5 Å². The number of benzene rings is 2. The van der Waals surface area contributed by atoms with Crippen molar-refractivity contribution in [3.63, 3.8) is 0 Å². The van der Waals surface area contributed by atoms with Gasteiger partial charge in [-0.05, 0) is 43.2 Å². The minimum absolute atomic E-state index is 0.00897. The fraction of sp³-hybridized carbons (Fsp3) is 0.367. The van der Waals surface area contributed by atoms with Gasteiger partial charge in [0.05, 0.1) is 32.0 Å². The van der Waals surface area contributed by atoms with Gasteiger partial charge in [-0.25, -0.2) is 4.98 Å². The van der Waals surface area contributed by atoms with Crippen molar-refractivity contribution < 1.29 is 46.1 Å². The fourth-order valence-corrected chi connectivity index (χ4v) is 5.18. The number of alkyl halides is 5. The molecule has 44 heavy (non-hydrogen) atoms. The van der Waals surface area contributed by atoms with Crippen molar-refractivity contribution in [3.05, 3.63) is 65.5 Å². The Balaban J connectivity index is 1.35. The van der Waals surface area contributed by atoms with E-state index in [1.165, 1.54) is 43.5 Å². The standard InChI is InChI=1S/C30H27F5N4O5/c1-15-13-43-26-21(15)11-23(37-25(26)16-4-3-5-20(9-16)44-28(31)32)29(41,30(33,34)35)14-36-27(40)17-8-18-12-39(19-6-7-19)38-24(18)22(10-17)42-2/h3-5,8-12,15,19,28,41H,6-7,13-14H2,1-2H3,(H,36,40)/t15-,29-/m1/s1. The Morgan fingerprint density at radius 3 is 2.66 bits per heavy atom. The Hall–Kier alpha value is -4.46. The van der Waals surface area contributed by atoms with Crippen molar-refractivity contribution in [2.45, 2.75) is 50.1 Å². The van der Waals surface area contributed by atoms with E-state index in [2.05, 4.69) is 20.1 Å². The molecule has 6 rings (SSSR count). The number of halogens is 5. The first-order chi connectivity index (χ1) is 20.9. The van der Waals surface area contributed by atoms with E-state index in [1.54, 1.807) is 17.8 Å². The smallest absolute Gasteiger partial charge is 0.424 e. The van der Waals surface area contributed by atoms with Crippen molar-refractivity contribution in [1.82, 2.24) is 20.1 Å². The average molecular weight is 619 g/mol. The van der Waals surface area contributed by atoms with Crippen LogP contribution in [0.3, 0.4) is 0 Å². The van der Waals surface area contributed by atoms with Gasteiger partial charge in [-0.1, -0.05) is 19.1 Å². The van der Waals surface area contributed by atoms with Crippen LogP contribution in [0.2, 0.25) is 0 Å². The summed E-state index contributed by atoms with van der Waals surface area (Å²) in [5.74, 6) is -1.06. The molecule has 232 valence electrons. The van der Waals surface area contributed by atoms with Gasteiger partial charge in [0.2, 0.25) is 5.60 Å². The predicted octanol–water partition coefficient (Wildman–Crippen LogP) is 5.72. The number of methoxy groups -OCH3 is 1. The molecule has 0 unspecified atom stereocenters. The first kappa shape index (κ1) is 29.6. The average Bonchev–Trinajstić information content (AvgIpc) is 3.64. The molecular weight excluding hydrogens is 591 g/mol. The Kier molecular flexibility index (Phi) is 7.34. The lowest BCUT2D eigenvalue weighted by atomic mass is 9.92. The highest BCUT2D eigenvalue weighted by molar-refractivity contribution is 6.00. The first-order valence-electron chi connectivity index (χ1n) is 13.8. The summed E-state index contributed by atoms with van der Waals surface area (Å²) in [4.78, 5) is 17.3. The molecule has 1 fully saturated rings. The highest BCUT2D eigenvalue weighted by Crippen LogP contribution is 2.46. The van der Waals surface area contributed by atoms with Gasteiger partial charge in [0.15, 0.2) is 0 Å². The lowest BCUT2D eigenvalue weighted by molar-refractivity contribution is -0.265. The number of hydrogen-bond acceptors (Lipinski definition) is 7. The zero-order valence-electron chi connectivity index (χ0n) is 23.5. The van der Waals surface area contributed by atoms with Crippen LogP contribution in [0, 0.1) is 0 Å². The number of pyridine rings is 1. The molecule has 2 aromatic heterocycles. The maximum Gasteiger partial charge on any atom is 0.424 e. The molecule has 1 aliphatic heterocycles. The van der Waals surface area contributed by atoms with E-state index in [1.807, 2.05) is 0 Å². The third-order valence-corrected chi connectivity index (χ3v) is 7.73. The molecule has 0 saturated heterocycles. The van der Waals surface area contributed by atoms with Gasteiger partial charge in [-0.15, -0.1) is 0 Å². The highest BCUT2D eigenvalue weighted by atomic mass is 19.4. The summed E-state index contributed by atoms with van der Waals surface area (Å²) in [6.45, 7) is -2.55. The summed E-state index contributed by atoms with van der Waals surface area (Å²) in [6.07, 6.45) is -1.59. The SMILES string of the molecule is COc1cc(C(=O)NC[C@@](O)(c2cc3c(c(-c4cccc(OC(F)F)c4)n2)OC[C@H]3C)C(F)(F)F)cc2cn(C3CC3)nc12. The number of nitrogens with zero attached hydrogens (tertiary/aromatic N) is 3. The summed E-state index contributed by atoms with van der Waals surface area (Å²) in [5, 5.41) is 18.5. The number of nitrogens with one attached hydrogen (secondary N) is 1. The molecule has 1 aliphatic carbocycles. The van der Waals surface area contributed by atoms with Crippen LogP contribution in [0.25, 0.3) is 22.2 Å². The van der Waals surface area contributed by atoms with E-state index >= 15 is 0 Å². The predicted molar refractivity (Wildman–Crippen MR) is 147 cm³/mol. The van der Waals surface area contributed by atoms with Crippen molar-refractivity contribution in [2.75, 3.05) is 20.3 Å². The van der Waals surface area contributed by atoms with E-state index in [0.29, 0.717) is 16.5 Å². The van der Waals surface area contributed by atoms with E-state index in [9.17, 15) is 31.9 Å². The Labute approximate surface area is 247 Å². The molecular formula is C30H27F5N4O5. The fourth-order valence-electron chi connectivity index (χ4n) is 5.18. The second kappa shape index (κ2) is 10.9. The van der Waals surface area contributed by atoms with Crippen LogP contribution >= 0.6 is 0 Å². The molecule has 1 amide bonds. The maximum atomic E-state index is 14.6. The second-order valence-corrected chi connectivity index (χ2v) is 10.9. The summed E-state index contributed by atoms with van der Waals surface area (Å²) in [7, 11) is 1.39. The van der Waals surface area contributed by atoms with Crippen LogP contribution in [0.4, 0.5) is 22.0 Å². The van der Waals surface area contributed by atoms with Gasteiger partial charge in [0.1, 0.15) is 28.5 Å². The molecule has 0 bridgehead atoms. The molecule has 3 heterocycles. The number of aromatic nitrogens is 3. The molecule has 0 radical (unpaired) electrons. The van der Waals surface area contributed by atoms with Gasteiger partial charge < -0.3 is 24.6 Å². The monoisotopic (exact) mass is 618 g/mol. The largest absolute Gasteiger partial charge is 0.494 e. The summed E-state index contributed by atoms with van der Waals surface area (Å²) in [6, 6.07) is 9.48. The zero-order chi connectivity index (χ0) is 31.4. The zero-order valence-corrected chi connectivity index (χ0v) is 23.5. The molecule has 2 aliphatic rings. The van der Waals surface area contributed by atoms with Crippen LogP contribution in [0.5, 0.6) is 17.2 Å². The number of fused-ring (bicyclic) bond motifs is 2. The lowest BCUT2D eigenvalue weighted by Gasteiger charge is -2.31. The van der Waals surface area contributed by atoms with Gasteiger partial charge in [0.25, 0.3) is 5.91 Å². The molecule has 0 spiro atoms. The topological polar surface area (TPSA) is 108 Å². The van der Waals surface area contributed by atoms with Crippen molar-refractivity contribution >= 4 is 16.8 Å². The Bertz CT molecular complexity index is 1740. The summed E-state index contributed by atoms with van der Waals surface area (Å²) >= 11 is 0. The molecule has 2 atom stereocenters. The van der Waals surface area contributed by atoms with Gasteiger partial charge >= 0.3 is 12.8 Å². The minimum Gasteiger partial charge on any atom is -0.494 e. The molecule has 4 aromatic rings. The molecule has 2 aromatic carbocycles. The van der Waals surface area contributed by atoms with Crippen LogP contribution in [-0.2, 0) is 5.60 Å². The molecule has 9 nitrogen and oxygen atoms in total. The van der Waals surface area contributed by atoms with Crippen LogP contribution in [0.15, 0.2) is 48.7 Å². The maximum absolute atomic E-state index is 14.6. The van der Waals surface area contributed by atoms with Crippen LogP contribution in [-0.4, -0.2) is 58.8 Å². The third-order valence-electron chi connectivity index (χ3n) is 7.73. The number of rotatable bonds is 9. The number of aliphatic hydroxyl groups is 1. The number of ether oxygens (including phenoxy) is 3. The molecule has 14 heteroatoms. The van der Waals surface area contributed by atoms with Crippen LogP contribution in [0.1, 0.15) is 53.3 Å². The highest BCUT2D eigenvalue weighted by Gasteiger charge is 2.57. The molecule has 1 saturated carbocycles. The number of carbonyl (C=O) groups excluding carboxylic acids is 1. The van der Waals surface area contributed by atoms with Crippen LogP contribution < -0.4 is 19.5 Å². The molecule has 2 N–H and O–H groups in total. The van der Waals surface area contributed by atoms with E-state index in [0.717, 1.165) is 18.9 Å². The van der Waals surface area contributed by atoms with Crippen molar-refractivity contribution in [3.8, 4) is 28.5 Å². The van der Waals surface area contributed by atoms with Gasteiger partial charge in [-0.2, -0.15) is 27.1 Å². The van der Waals surface area contributed by atoms with Gasteiger partial charge in [-0.3, -0.25) is 9.48 Å². The minimum atomic E-state index is -5.28. The second-order valence-electron chi connectivity index (χ2n) is 10.9. The number of hydrogen-bond donors (Lipinski definition) is 2. The third kappa shape index (κ3) is 5.38. The first-order valence-corrected chi connectivity index (χ1v) is 13.8. The number of amides is 1.